The molecule has 122 valence electrons. The summed E-state index contributed by atoms with van der Waals surface area (Å²) in [7, 11) is 4.00. The molecule has 3 rings (SSSR count). The van der Waals surface area contributed by atoms with E-state index in [0.717, 1.165) is 49.8 Å². The lowest BCUT2D eigenvalue weighted by Gasteiger charge is -2.21. The van der Waals surface area contributed by atoms with Gasteiger partial charge in [-0.05, 0) is 37.5 Å². The molecular formula is C17H24N6. The molecule has 1 aliphatic rings. The van der Waals surface area contributed by atoms with Crippen LogP contribution in [0, 0.1) is 0 Å². The van der Waals surface area contributed by atoms with Crippen LogP contribution in [-0.2, 0) is 0 Å². The molecule has 6 nitrogen and oxygen atoms in total. The largest absolute Gasteiger partial charge is 0.381 e. The molecule has 0 unspecified atom stereocenters. The van der Waals surface area contributed by atoms with E-state index in [9.17, 15) is 0 Å². The Kier molecular flexibility index (Phi) is 4.90. The maximum Gasteiger partial charge on any atom is 0.225 e. The maximum atomic E-state index is 4.46. The van der Waals surface area contributed by atoms with Gasteiger partial charge in [0.2, 0.25) is 5.95 Å². The molecule has 0 amide bonds. The minimum atomic E-state index is 0.468. The van der Waals surface area contributed by atoms with Crippen LogP contribution in [0.25, 0.3) is 0 Å². The lowest BCUT2D eigenvalue weighted by molar-refractivity contribution is 0.639. The number of hydrogen-bond acceptors (Lipinski definition) is 6. The third kappa shape index (κ3) is 4.09. The summed E-state index contributed by atoms with van der Waals surface area (Å²) in [4.78, 5) is 17.5. The third-order valence-electron chi connectivity index (χ3n) is 4.14. The summed E-state index contributed by atoms with van der Waals surface area (Å²) in [6.45, 7) is 1.99. The Balaban J connectivity index is 1.58. The Morgan fingerprint density at radius 2 is 1.91 bits per heavy atom. The van der Waals surface area contributed by atoms with Gasteiger partial charge in [-0.2, -0.15) is 0 Å². The lowest BCUT2D eigenvalue weighted by atomic mass is 10.1. The van der Waals surface area contributed by atoms with Crippen LogP contribution in [0.4, 0.5) is 17.5 Å². The summed E-state index contributed by atoms with van der Waals surface area (Å²) >= 11 is 0. The minimum Gasteiger partial charge on any atom is -0.381 e. The van der Waals surface area contributed by atoms with E-state index in [2.05, 4.69) is 31.2 Å². The molecule has 0 saturated carbocycles. The Bertz CT molecular complexity index is 598. The fourth-order valence-electron chi connectivity index (χ4n) is 2.87. The summed E-state index contributed by atoms with van der Waals surface area (Å²) in [5.41, 5.74) is 1.09. The number of aromatic nitrogens is 3. The molecule has 1 saturated heterocycles. The van der Waals surface area contributed by atoms with Gasteiger partial charge >= 0.3 is 0 Å². The van der Waals surface area contributed by atoms with Gasteiger partial charge in [-0.3, -0.25) is 0 Å². The second-order valence-corrected chi connectivity index (χ2v) is 6.11. The highest BCUT2D eigenvalue weighted by Gasteiger charge is 2.18. The second-order valence-electron chi connectivity index (χ2n) is 6.11. The van der Waals surface area contributed by atoms with Crippen molar-refractivity contribution in [2.45, 2.75) is 25.3 Å². The Labute approximate surface area is 137 Å². The molecule has 1 aliphatic heterocycles. The summed E-state index contributed by atoms with van der Waals surface area (Å²) < 4.78 is 0. The van der Waals surface area contributed by atoms with E-state index in [4.69, 9.17) is 0 Å². The Morgan fingerprint density at radius 3 is 2.61 bits per heavy atom. The number of pyridine rings is 1. The first-order valence-electron chi connectivity index (χ1n) is 8.14. The van der Waals surface area contributed by atoms with Gasteiger partial charge in [0.1, 0.15) is 5.82 Å². The van der Waals surface area contributed by atoms with Gasteiger partial charge < -0.3 is 15.1 Å². The van der Waals surface area contributed by atoms with Gasteiger partial charge in [-0.1, -0.05) is 0 Å². The normalized spacial score (nSPS) is 18.3. The fraction of sp³-hybridized carbons (Fsp3) is 0.471. The molecule has 2 aromatic rings. The van der Waals surface area contributed by atoms with Crippen molar-refractivity contribution >= 4 is 17.5 Å². The van der Waals surface area contributed by atoms with Crippen molar-refractivity contribution in [1.82, 2.24) is 15.0 Å². The minimum absolute atomic E-state index is 0.468. The zero-order valence-corrected chi connectivity index (χ0v) is 13.8. The summed E-state index contributed by atoms with van der Waals surface area (Å²) in [5, 5.41) is 3.61. The van der Waals surface area contributed by atoms with Gasteiger partial charge in [0, 0.05) is 45.6 Å². The first kappa shape index (κ1) is 15.5. The van der Waals surface area contributed by atoms with Crippen LogP contribution in [0.2, 0.25) is 0 Å². The summed E-state index contributed by atoms with van der Waals surface area (Å²) in [6, 6.07) is 6.47. The van der Waals surface area contributed by atoms with E-state index in [1.54, 1.807) is 12.4 Å². The van der Waals surface area contributed by atoms with Crippen LogP contribution < -0.4 is 15.1 Å². The number of hydrogen-bond donors (Lipinski definition) is 1. The van der Waals surface area contributed by atoms with Crippen molar-refractivity contribution in [3.63, 3.8) is 0 Å². The first-order chi connectivity index (χ1) is 11.2. The van der Waals surface area contributed by atoms with Crippen LogP contribution in [0.5, 0.6) is 0 Å². The monoisotopic (exact) mass is 312 g/mol. The molecule has 23 heavy (non-hydrogen) atoms. The number of nitrogens with one attached hydrogen (secondary N) is 1. The van der Waals surface area contributed by atoms with Gasteiger partial charge in [-0.25, -0.2) is 15.0 Å². The number of nitrogens with zero attached hydrogens (tertiary/aromatic N) is 5. The molecule has 0 spiro atoms. The van der Waals surface area contributed by atoms with Crippen molar-refractivity contribution in [2.24, 2.45) is 0 Å². The quantitative estimate of drug-likeness (QED) is 0.935. The molecule has 0 radical (unpaired) electrons. The molecule has 1 fully saturated rings. The van der Waals surface area contributed by atoms with Gasteiger partial charge in [-0.15, -0.1) is 0 Å². The zero-order valence-electron chi connectivity index (χ0n) is 13.8. The van der Waals surface area contributed by atoms with Crippen molar-refractivity contribution in [2.75, 3.05) is 42.3 Å². The average molecular weight is 312 g/mol. The van der Waals surface area contributed by atoms with Gasteiger partial charge in [0.25, 0.3) is 0 Å². The third-order valence-corrected chi connectivity index (χ3v) is 4.14. The predicted octanol–water partition coefficient (Wildman–Crippen LogP) is 2.41. The highest BCUT2D eigenvalue weighted by molar-refractivity contribution is 5.48. The Morgan fingerprint density at radius 1 is 1.09 bits per heavy atom. The number of anilines is 3. The van der Waals surface area contributed by atoms with Gasteiger partial charge in [0.05, 0.1) is 11.9 Å². The van der Waals surface area contributed by atoms with E-state index < -0.39 is 0 Å². The summed E-state index contributed by atoms with van der Waals surface area (Å²) in [5.74, 6) is 1.81. The second kappa shape index (κ2) is 7.26. The van der Waals surface area contributed by atoms with Crippen molar-refractivity contribution < 1.29 is 0 Å². The van der Waals surface area contributed by atoms with Gasteiger partial charge in [0.15, 0.2) is 0 Å². The molecule has 1 N–H and O–H groups in total. The number of rotatable bonds is 4. The van der Waals surface area contributed by atoms with E-state index in [0.29, 0.717) is 6.04 Å². The van der Waals surface area contributed by atoms with Crippen molar-refractivity contribution in [1.29, 1.82) is 0 Å². The molecular weight excluding hydrogens is 288 g/mol. The van der Waals surface area contributed by atoms with Crippen molar-refractivity contribution in [3.05, 3.63) is 36.8 Å². The van der Waals surface area contributed by atoms with E-state index in [-0.39, 0.29) is 0 Å². The van der Waals surface area contributed by atoms with Crippen LogP contribution in [-0.4, -0.2) is 48.2 Å². The molecule has 0 aromatic carbocycles. The predicted molar refractivity (Wildman–Crippen MR) is 94.1 cm³/mol. The fourth-order valence-corrected chi connectivity index (χ4v) is 2.87. The van der Waals surface area contributed by atoms with Crippen LogP contribution in [0.15, 0.2) is 36.8 Å². The van der Waals surface area contributed by atoms with Crippen LogP contribution >= 0.6 is 0 Å². The molecule has 1 atom stereocenters. The SMILES string of the molecule is CN(C)c1ccc(N[C@H]2CCCN(c3ncccn3)CC2)cn1. The highest BCUT2D eigenvalue weighted by atomic mass is 15.2. The molecule has 6 heteroatoms. The van der Waals surface area contributed by atoms with Crippen LogP contribution in [0.3, 0.4) is 0 Å². The molecule has 2 aromatic heterocycles. The van der Waals surface area contributed by atoms with E-state index >= 15 is 0 Å². The topological polar surface area (TPSA) is 57.2 Å². The van der Waals surface area contributed by atoms with Crippen molar-refractivity contribution in [3.8, 4) is 0 Å². The average Bonchev–Trinajstić information content (AvgIpc) is 2.82. The smallest absolute Gasteiger partial charge is 0.225 e. The van der Waals surface area contributed by atoms with E-state index in [1.807, 2.05) is 37.3 Å². The summed E-state index contributed by atoms with van der Waals surface area (Å²) in [6.07, 6.45) is 8.89. The Hall–Kier alpha value is -2.37. The van der Waals surface area contributed by atoms with Crippen LogP contribution in [0.1, 0.15) is 19.3 Å². The zero-order chi connectivity index (χ0) is 16.1. The van der Waals surface area contributed by atoms with E-state index in [1.165, 1.54) is 0 Å². The lowest BCUT2D eigenvalue weighted by Crippen LogP contribution is -2.27. The maximum absolute atomic E-state index is 4.46. The molecule has 0 bridgehead atoms. The molecule has 3 heterocycles. The molecule has 0 aliphatic carbocycles. The highest BCUT2D eigenvalue weighted by Crippen LogP contribution is 2.19. The standard InChI is InChI=1S/C17H24N6/c1-22(2)16-7-6-15(13-20-16)21-14-5-3-11-23(12-8-14)17-18-9-4-10-19-17/h4,6-7,9-10,13-14,21H,3,5,8,11-12H2,1-2H3/t14-/m0/s1. The first-order valence-corrected chi connectivity index (χ1v) is 8.14.